The molecule has 0 aliphatic carbocycles. The number of carbonyl (C=O) groups is 2. The maximum atomic E-state index is 12.3. The van der Waals surface area contributed by atoms with Crippen molar-refractivity contribution in [3.05, 3.63) is 24.3 Å². The van der Waals surface area contributed by atoms with Gasteiger partial charge in [-0.1, -0.05) is 12.1 Å². The lowest BCUT2D eigenvalue weighted by Crippen LogP contribution is -2.61. The van der Waals surface area contributed by atoms with Crippen LogP contribution in [0.5, 0.6) is 0 Å². The molecular formula is C16H21N3O3. The minimum atomic E-state index is -0.532. The third kappa shape index (κ3) is 2.73. The van der Waals surface area contributed by atoms with E-state index in [9.17, 15) is 9.59 Å². The van der Waals surface area contributed by atoms with Gasteiger partial charge in [-0.2, -0.15) is 0 Å². The van der Waals surface area contributed by atoms with E-state index in [1.807, 2.05) is 45.0 Å². The van der Waals surface area contributed by atoms with Crippen LogP contribution in [0.4, 0.5) is 16.2 Å². The Hall–Kier alpha value is -2.24. The summed E-state index contributed by atoms with van der Waals surface area (Å²) in [7, 11) is 0. The van der Waals surface area contributed by atoms with E-state index in [0.29, 0.717) is 19.6 Å². The first kappa shape index (κ1) is 14.7. The van der Waals surface area contributed by atoms with Crippen molar-refractivity contribution < 1.29 is 14.3 Å². The molecule has 0 spiro atoms. The molecule has 1 N–H and O–H groups in total. The van der Waals surface area contributed by atoms with Crippen LogP contribution in [0.2, 0.25) is 0 Å². The van der Waals surface area contributed by atoms with Crippen molar-refractivity contribution in [3.63, 3.8) is 0 Å². The van der Waals surface area contributed by atoms with Gasteiger partial charge < -0.3 is 19.9 Å². The number of anilines is 2. The summed E-state index contributed by atoms with van der Waals surface area (Å²) >= 11 is 0. The Morgan fingerprint density at radius 2 is 2.00 bits per heavy atom. The fourth-order valence-corrected chi connectivity index (χ4v) is 2.83. The zero-order valence-electron chi connectivity index (χ0n) is 13.1. The Labute approximate surface area is 130 Å². The van der Waals surface area contributed by atoms with E-state index in [0.717, 1.165) is 11.4 Å². The SMILES string of the molecule is CC(C)(C)OC(=O)N1CCN2c3ccccc3NC(=O)C2C1. The highest BCUT2D eigenvalue weighted by molar-refractivity contribution is 6.04. The van der Waals surface area contributed by atoms with E-state index in [1.165, 1.54) is 0 Å². The van der Waals surface area contributed by atoms with Crippen molar-refractivity contribution in [3.8, 4) is 0 Å². The molecule has 6 heteroatoms. The third-order valence-electron chi connectivity index (χ3n) is 3.81. The quantitative estimate of drug-likeness (QED) is 0.797. The van der Waals surface area contributed by atoms with Crippen molar-refractivity contribution in [2.45, 2.75) is 32.4 Å². The maximum Gasteiger partial charge on any atom is 0.410 e. The van der Waals surface area contributed by atoms with Crippen LogP contribution in [-0.2, 0) is 9.53 Å². The fourth-order valence-electron chi connectivity index (χ4n) is 2.83. The number of hydrogen-bond donors (Lipinski definition) is 1. The van der Waals surface area contributed by atoms with Crippen LogP contribution in [-0.4, -0.2) is 48.2 Å². The number of ether oxygens (including phenoxy) is 1. The summed E-state index contributed by atoms with van der Waals surface area (Å²) in [6, 6.07) is 7.37. The number of carbonyl (C=O) groups excluding carboxylic acids is 2. The van der Waals surface area contributed by atoms with Gasteiger partial charge in [0.1, 0.15) is 11.6 Å². The molecule has 1 unspecified atom stereocenters. The number of nitrogens with zero attached hydrogens (tertiary/aromatic N) is 2. The summed E-state index contributed by atoms with van der Waals surface area (Å²) in [5.41, 5.74) is 1.31. The van der Waals surface area contributed by atoms with Gasteiger partial charge in [0.25, 0.3) is 0 Å². The van der Waals surface area contributed by atoms with Gasteiger partial charge in [-0.05, 0) is 32.9 Å². The van der Waals surface area contributed by atoms with Crippen LogP contribution in [0.15, 0.2) is 24.3 Å². The number of piperazine rings is 1. The average molecular weight is 303 g/mol. The molecule has 1 aromatic rings. The molecule has 22 heavy (non-hydrogen) atoms. The molecule has 1 fully saturated rings. The van der Waals surface area contributed by atoms with Crippen molar-refractivity contribution >= 4 is 23.4 Å². The van der Waals surface area contributed by atoms with Crippen molar-refractivity contribution in [1.29, 1.82) is 0 Å². The molecule has 0 aromatic heterocycles. The molecule has 2 heterocycles. The van der Waals surface area contributed by atoms with Crippen LogP contribution in [0.25, 0.3) is 0 Å². The van der Waals surface area contributed by atoms with Gasteiger partial charge in [0.15, 0.2) is 0 Å². The summed E-state index contributed by atoms with van der Waals surface area (Å²) in [6.45, 7) is 7.02. The van der Waals surface area contributed by atoms with Gasteiger partial charge in [-0.15, -0.1) is 0 Å². The summed E-state index contributed by atoms with van der Waals surface area (Å²) in [4.78, 5) is 28.2. The Balaban J connectivity index is 1.77. The molecule has 0 saturated carbocycles. The number of nitrogens with one attached hydrogen (secondary N) is 1. The molecular weight excluding hydrogens is 282 g/mol. The number of hydrogen-bond acceptors (Lipinski definition) is 4. The molecule has 118 valence electrons. The van der Waals surface area contributed by atoms with Gasteiger partial charge in [0.2, 0.25) is 5.91 Å². The molecule has 0 bridgehead atoms. The molecule has 1 aromatic carbocycles. The van der Waals surface area contributed by atoms with E-state index >= 15 is 0 Å². The summed E-state index contributed by atoms with van der Waals surface area (Å²) in [5, 5.41) is 2.91. The Bertz CT molecular complexity index is 609. The van der Waals surface area contributed by atoms with E-state index < -0.39 is 5.60 Å². The van der Waals surface area contributed by atoms with Crippen LogP contribution in [0.3, 0.4) is 0 Å². The maximum absolute atomic E-state index is 12.3. The van der Waals surface area contributed by atoms with Crippen LogP contribution in [0.1, 0.15) is 20.8 Å². The zero-order chi connectivity index (χ0) is 15.9. The monoisotopic (exact) mass is 303 g/mol. The lowest BCUT2D eigenvalue weighted by molar-refractivity contribution is -0.118. The Morgan fingerprint density at radius 3 is 2.73 bits per heavy atom. The molecule has 2 amide bonds. The first-order valence-electron chi connectivity index (χ1n) is 7.49. The second-order valence-electron chi connectivity index (χ2n) is 6.64. The van der Waals surface area contributed by atoms with Gasteiger partial charge in [0.05, 0.1) is 17.9 Å². The van der Waals surface area contributed by atoms with Gasteiger partial charge >= 0.3 is 6.09 Å². The number of rotatable bonds is 0. The fraction of sp³-hybridized carbons (Fsp3) is 0.500. The van der Waals surface area contributed by atoms with Gasteiger partial charge in [-0.25, -0.2) is 4.79 Å². The smallest absolute Gasteiger partial charge is 0.410 e. The van der Waals surface area contributed by atoms with Gasteiger partial charge in [-0.3, -0.25) is 4.79 Å². The van der Waals surface area contributed by atoms with Crippen LogP contribution >= 0.6 is 0 Å². The molecule has 1 atom stereocenters. The van der Waals surface area contributed by atoms with E-state index in [-0.39, 0.29) is 18.0 Å². The molecule has 3 rings (SSSR count). The van der Waals surface area contributed by atoms with Gasteiger partial charge in [0, 0.05) is 13.1 Å². The predicted octanol–water partition coefficient (Wildman–Crippen LogP) is 2.06. The first-order valence-corrected chi connectivity index (χ1v) is 7.49. The predicted molar refractivity (Wildman–Crippen MR) is 84.0 cm³/mol. The van der Waals surface area contributed by atoms with Crippen molar-refractivity contribution in [1.82, 2.24) is 4.90 Å². The Morgan fingerprint density at radius 1 is 1.27 bits per heavy atom. The lowest BCUT2D eigenvalue weighted by Gasteiger charge is -2.44. The molecule has 2 aliphatic rings. The van der Waals surface area contributed by atoms with E-state index in [1.54, 1.807) is 4.90 Å². The normalized spacial score (nSPS) is 20.9. The molecule has 0 radical (unpaired) electrons. The summed E-state index contributed by atoms with van der Waals surface area (Å²) in [6.07, 6.45) is -0.362. The highest BCUT2D eigenvalue weighted by Gasteiger charge is 2.39. The average Bonchev–Trinajstić information content (AvgIpc) is 2.45. The zero-order valence-corrected chi connectivity index (χ0v) is 13.1. The topological polar surface area (TPSA) is 61.9 Å². The summed E-state index contributed by atoms with van der Waals surface area (Å²) < 4.78 is 5.40. The lowest BCUT2D eigenvalue weighted by atomic mass is 10.1. The second-order valence-corrected chi connectivity index (χ2v) is 6.64. The number of fused-ring (bicyclic) bond motifs is 3. The highest BCUT2D eigenvalue weighted by atomic mass is 16.6. The molecule has 2 aliphatic heterocycles. The number of benzene rings is 1. The molecule has 1 saturated heterocycles. The number of amides is 2. The molecule has 6 nitrogen and oxygen atoms in total. The number of para-hydroxylation sites is 2. The van der Waals surface area contributed by atoms with Crippen LogP contribution < -0.4 is 10.2 Å². The minimum absolute atomic E-state index is 0.0769. The highest BCUT2D eigenvalue weighted by Crippen LogP contribution is 2.33. The first-order chi connectivity index (χ1) is 10.3. The largest absolute Gasteiger partial charge is 0.444 e. The Kier molecular flexibility index (Phi) is 3.47. The van der Waals surface area contributed by atoms with Crippen molar-refractivity contribution in [2.75, 3.05) is 29.9 Å². The van der Waals surface area contributed by atoms with E-state index in [2.05, 4.69) is 10.2 Å². The minimum Gasteiger partial charge on any atom is -0.444 e. The third-order valence-corrected chi connectivity index (χ3v) is 3.81. The van der Waals surface area contributed by atoms with Crippen molar-refractivity contribution in [2.24, 2.45) is 0 Å². The standard InChI is InChI=1S/C16H21N3O3/c1-16(2,3)22-15(21)18-8-9-19-12-7-5-4-6-11(12)17-14(20)13(19)10-18/h4-7,13H,8-10H2,1-3H3,(H,17,20). The second kappa shape index (κ2) is 5.19. The van der Waals surface area contributed by atoms with Crippen LogP contribution in [0, 0.1) is 0 Å². The van der Waals surface area contributed by atoms with E-state index in [4.69, 9.17) is 4.74 Å². The summed E-state index contributed by atoms with van der Waals surface area (Å²) in [5.74, 6) is -0.0769.